The molecule has 1 aromatic heterocycles. The van der Waals surface area contributed by atoms with Crippen LogP contribution in [-0.4, -0.2) is 49.1 Å². The third-order valence-corrected chi connectivity index (χ3v) is 4.26. The van der Waals surface area contributed by atoms with Crippen molar-refractivity contribution in [2.75, 3.05) is 39.6 Å². The van der Waals surface area contributed by atoms with Gasteiger partial charge in [0.05, 0.1) is 28.8 Å². The predicted molar refractivity (Wildman–Crippen MR) is 104 cm³/mol. The van der Waals surface area contributed by atoms with Crippen LogP contribution >= 0.6 is 0 Å². The van der Waals surface area contributed by atoms with E-state index < -0.39 is 4.92 Å². The van der Waals surface area contributed by atoms with Crippen molar-refractivity contribution in [3.05, 3.63) is 46.5 Å². The Hall–Kier alpha value is -2.93. The number of methoxy groups -OCH3 is 1. The lowest BCUT2D eigenvalue weighted by Gasteiger charge is -2.15. The number of anilines is 1. The number of nitrogens with one attached hydrogen (secondary N) is 1. The number of aromatic nitrogens is 1. The lowest BCUT2D eigenvalue weighted by molar-refractivity contribution is -0.384. The molecule has 0 amide bonds. The van der Waals surface area contributed by atoms with E-state index in [1.54, 1.807) is 13.2 Å². The number of nitrogens with zero attached hydrogens (tertiary/aromatic N) is 3. The van der Waals surface area contributed by atoms with Gasteiger partial charge in [-0.3, -0.25) is 10.1 Å². The van der Waals surface area contributed by atoms with Crippen LogP contribution in [0.2, 0.25) is 0 Å². The molecule has 0 bridgehead atoms. The van der Waals surface area contributed by atoms with E-state index in [-0.39, 0.29) is 5.69 Å². The summed E-state index contributed by atoms with van der Waals surface area (Å²) in [5, 5.41) is 16.4. The van der Waals surface area contributed by atoms with E-state index in [1.807, 2.05) is 32.3 Å². The fourth-order valence-corrected chi connectivity index (χ4v) is 2.95. The normalized spacial score (nSPS) is 11.2. The summed E-state index contributed by atoms with van der Waals surface area (Å²) in [6.45, 7) is 1.77. The van der Waals surface area contributed by atoms with Crippen molar-refractivity contribution in [2.24, 2.45) is 0 Å². The Bertz CT molecular complexity index is 956. The predicted octanol–water partition coefficient (Wildman–Crippen LogP) is 3.67. The summed E-state index contributed by atoms with van der Waals surface area (Å²) < 4.78 is 5.35. The van der Waals surface area contributed by atoms with Crippen LogP contribution < -0.4 is 10.1 Å². The number of hydrogen-bond donors (Lipinski definition) is 1. The van der Waals surface area contributed by atoms with E-state index in [9.17, 15) is 10.1 Å². The van der Waals surface area contributed by atoms with Gasteiger partial charge in [0.2, 0.25) is 0 Å². The summed E-state index contributed by atoms with van der Waals surface area (Å²) in [4.78, 5) is 17.4. The van der Waals surface area contributed by atoms with Gasteiger partial charge < -0.3 is 15.0 Å². The van der Waals surface area contributed by atoms with Crippen LogP contribution in [0.1, 0.15) is 6.42 Å². The quantitative estimate of drug-likeness (QED) is 0.302. The highest BCUT2D eigenvalue weighted by Gasteiger charge is 2.14. The van der Waals surface area contributed by atoms with Gasteiger partial charge in [0.15, 0.2) is 0 Å². The topological polar surface area (TPSA) is 80.5 Å². The van der Waals surface area contributed by atoms with Gasteiger partial charge >= 0.3 is 0 Å². The zero-order valence-corrected chi connectivity index (χ0v) is 15.2. The Morgan fingerprint density at radius 2 is 1.96 bits per heavy atom. The maximum Gasteiger partial charge on any atom is 0.271 e. The van der Waals surface area contributed by atoms with Gasteiger partial charge in [0, 0.05) is 29.4 Å². The third kappa shape index (κ3) is 3.67. The molecule has 136 valence electrons. The number of nitro benzene ring substituents is 1. The number of nitro groups is 1. The van der Waals surface area contributed by atoms with Crippen LogP contribution in [0, 0.1) is 10.1 Å². The zero-order valence-electron chi connectivity index (χ0n) is 15.2. The maximum absolute atomic E-state index is 11.1. The van der Waals surface area contributed by atoms with Crippen LogP contribution in [0.25, 0.3) is 21.8 Å². The first-order valence-electron chi connectivity index (χ1n) is 8.44. The Balaban J connectivity index is 2.11. The minimum Gasteiger partial charge on any atom is -0.497 e. The van der Waals surface area contributed by atoms with Gasteiger partial charge in [-0.1, -0.05) is 0 Å². The van der Waals surface area contributed by atoms with Crippen LogP contribution in [0.4, 0.5) is 11.4 Å². The van der Waals surface area contributed by atoms with Gasteiger partial charge in [-0.15, -0.1) is 0 Å². The lowest BCUT2D eigenvalue weighted by atomic mass is 10.1. The van der Waals surface area contributed by atoms with Crippen molar-refractivity contribution in [3.63, 3.8) is 0 Å². The van der Waals surface area contributed by atoms with E-state index in [0.717, 1.165) is 47.2 Å². The van der Waals surface area contributed by atoms with Gasteiger partial charge in [0.25, 0.3) is 5.69 Å². The second-order valence-corrected chi connectivity index (χ2v) is 6.41. The molecule has 0 spiro atoms. The monoisotopic (exact) mass is 354 g/mol. The molecular weight excluding hydrogens is 332 g/mol. The van der Waals surface area contributed by atoms with E-state index >= 15 is 0 Å². The molecule has 2 aromatic carbocycles. The third-order valence-electron chi connectivity index (χ3n) is 4.26. The number of rotatable bonds is 7. The first-order valence-corrected chi connectivity index (χ1v) is 8.44. The molecule has 26 heavy (non-hydrogen) atoms. The van der Waals surface area contributed by atoms with Gasteiger partial charge in [-0.05, 0) is 51.3 Å². The smallest absolute Gasteiger partial charge is 0.271 e. The molecule has 0 aliphatic carbocycles. The first kappa shape index (κ1) is 17.9. The molecule has 0 fully saturated rings. The van der Waals surface area contributed by atoms with Crippen molar-refractivity contribution in [3.8, 4) is 5.75 Å². The highest BCUT2D eigenvalue weighted by molar-refractivity contribution is 6.08. The Morgan fingerprint density at radius 1 is 1.15 bits per heavy atom. The second kappa shape index (κ2) is 7.53. The number of pyridine rings is 1. The van der Waals surface area contributed by atoms with Crippen molar-refractivity contribution >= 4 is 33.2 Å². The van der Waals surface area contributed by atoms with E-state index in [1.165, 1.54) is 12.1 Å². The highest BCUT2D eigenvalue weighted by Crippen LogP contribution is 2.34. The number of non-ortho nitro benzene ring substituents is 1. The fraction of sp³-hybridized carbons (Fsp3) is 0.316. The molecule has 1 N–H and O–H groups in total. The summed E-state index contributed by atoms with van der Waals surface area (Å²) >= 11 is 0. The molecule has 1 heterocycles. The largest absolute Gasteiger partial charge is 0.497 e. The molecule has 3 aromatic rings. The molecule has 0 aliphatic rings. The molecule has 7 nitrogen and oxygen atoms in total. The number of hydrogen-bond acceptors (Lipinski definition) is 6. The highest BCUT2D eigenvalue weighted by atomic mass is 16.6. The van der Waals surface area contributed by atoms with Crippen LogP contribution in [0.15, 0.2) is 36.4 Å². The summed E-state index contributed by atoms with van der Waals surface area (Å²) in [6.07, 6.45) is 0.981. The van der Waals surface area contributed by atoms with Crippen LogP contribution in [0.5, 0.6) is 5.75 Å². The fourth-order valence-electron chi connectivity index (χ4n) is 2.95. The standard InChI is InChI=1S/C19H22N4O3/c1-22(2)10-4-9-20-19-15-7-5-13(23(24)25)11-18(15)21-17-8-6-14(26-3)12-16(17)19/h5-8,11-12H,4,9-10H2,1-3H3,(H,20,21). The molecular formula is C19H22N4O3. The van der Waals surface area contributed by atoms with Gasteiger partial charge in [0.1, 0.15) is 5.75 Å². The van der Waals surface area contributed by atoms with E-state index in [0.29, 0.717) is 5.52 Å². The molecule has 0 saturated carbocycles. The molecule has 0 saturated heterocycles. The van der Waals surface area contributed by atoms with Crippen LogP contribution in [0.3, 0.4) is 0 Å². The van der Waals surface area contributed by atoms with Gasteiger partial charge in [-0.25, -0.2) is 4.98 Å². The summed E-state index contributed by atoms with van der Waals surface area (Å²) in [5.41, 5.74) is 2.34. The Labute approximate surface area is 151 Å². The second-order valence-electron chi connectivity index (χ2n) is 6.41. The van der Waals surface area contributed by atoms with Crippen molar-refractivity contribution in [2.45, 2.75) is 6.42 Å². The molecule has 7 heteroatoms. The molecule has 0 aliphatic heterocycles. The van der Waals surface area contributed by atoms with Crippen molar-refractivity contribution in [1.29, 1.82) is 0 Å². The average Bonchev–Trinajstić information content (AvgIpc) is 2.63. The van der Waals surface area contributed by atoms with E-state index in [2.05, 4.69) is 15.2 Å². The van der Waals surface area contributed by atoms with E-state index in [4.69, 9.17) is 4.74 Å². The lowest BCUT2D eigenvalue weighted by Crippen LogP contribution is -2.16. The summed E-state index contributed by atoms with van der Waals surface area (Å²) in [5.74, 6) is 0.747. The number of benzene rings is 2. The summed E-state index contributed by atoms with van der Waals surface area (Å²) in [6, 6.07) is 10.4. The summed E-state index contributed by atoms with van der Waals surface area (Å²) in [7, 11) is 5.71. The molecule has 0 unspecified atom stereocenters. The minimum atomic E-state index is -0.399. The average molecular weight is 354 g/mol. The van der Waals surface area contributed by atoms with Crippen molar-refractivity contribution < 1.29 is 9.66 Å². The number of ether oxygens (including phenoxy) is 1. The Morgan fingerprint density at radius 3 is 2.65 bits per heavy atom. The van der Waals surface area contributed by atoms with Gasteiger partial charge in [-0.2, -0.15) is 0 Å². The molecule has 3 rings (SSSR count). The van der Waals surface area contributed by atoms with Crippen LogP contribution in [-0.2, 0) is 0 Å². The SMILES string of the molecule is COc1ccc2nc3cc([N+](=O)[O-])ccc3c(NCCCN(C)C)c2c1. The zero-order chi connectivity index (χ0) is 18.7. The minimum absolute atomic E-state index is 0.0384. The number of fused-ring (bicyclic) bond motifs is 2. The Kier molecular flexibility index (Phi) is 5.18. The molecule has 0 atom stereocenters. The first-order chi connectivity index (χ1) is 12.5. The van der Waals surface area contributed by atoms with Crippen molar-refractivity contribution in [1.82, 2.24) is 9.88 Å². The maximum atomic E-state index is 11.1. The molecule has 0 radical (unpaired) electrons.